The van der Waals surface area contributed by atoms with E-state index in [4.69, 9.17) is 0 Å². The Kier molecular flexibility index (Phi) is 3.54. The summed E-state index contributed by atoms with van der Waals surface area (Å²) in [5.74, 6) is -0.198. The van der Waals surface area contributed by atoms with E-state index in [0.717, 1.165) is 15.7 Å². The molecule has 1 N–H and O–H groups in total. The summed E-state index contributed by atoms with van der Waals surface area (Å²) in [5, 5.41) is 2.79. The van der Waals surface area contributed by atoms with Gasteiger partial charge in [-0.25, -0.2) is 0 Å². The molecule has 17 heavy (non-hydrogen) atoms. The number of nitrogens with one attached hydrogen (secondary N) is 1. The van der Waals surface area contributed by atoms with E-state index >= 15 is 0 Å². The SMILES string of the molecule is Cc1ccnc(C(=O)Nc2ccc(Br)cc2)c1. The van der Waals surface area contributed by atoms with Crippen molar-refractivity contribution in [2.24, 2.45) is 0 Å². The molecule has 2 aromatic rings. The van der Waals surface area contributed by atoms with E-state index in [-0.39, 0.29) is 5.91 Å². The van der Waals surface area contributed by atoms with Crippen molar-refractivity contribution >= 4 is 27.5 Å². The Bertz CT molecular complexity index is 537. The predicted octanol–water partition coefficient (Wildman–Crippen LogP) is 3.40. The Morgan fingerprint density at radius 2 is 1.94 bits per heavy atom. The highest BCUT2D eigenvalue weighted by Gasteiger charge is 2.07. The third-order valence-electron chi connectivity index (χ3n) is 2.25. The van der Waals surface area contributed by atoms with E-state index in [1.54, 1.807) is 12.3 Å². The number of halogens is 1. The van der Waals surface area contributed by atoms with Crippen molar-refractivity contribution in [1.29, 1.82) is 0 Å². The van der Waals surface area contributed by atoms with Crippen LogP contribution in [0.5, 0.6) is 0 Å². The zero-order chi connectivity index (χ0) is 12.3. The minimum atomic E-state index is -0.198. The topological polar surface area (TPSA) is 42.0 Å². The van der Waals surface area contributed by atoms with Gasteiger partial charge in [0.05, 0.1) is 0 Å². The maximum atomic E-state index is 11.9. The summed E-state index contributed by atoms with van der Waals surface area (Å²) in [6.07, 6.45) is 1.63. The first kappa shape index (κ1) is 11.8. The van der Waals surface area contributed by atoms with Gasteiger partial charge in [0.2, 0.25) is 0 Å². The molecule has 0 spiro atoms. The first-order chi connectivity index (χ1) is 8.15. The lowest BCUT2D eigenvalue weighted by molar-refractivity contribution is 0.102. The Balaban J connectivity index is 2.14. The Morgan fingerprint density at radius 1 is 1.24 bits per heavy atom. The average Bonchev–Trinajstić information content (AvgIpc) is 2.32. The van der Waals surface area contributed by atoms with Crippen LogP contribution in [-0.4, -0.2) is 10.9 Å². The largest absolute Gasteiger partial charge is 0.321 e. The molecule has 4 heteroatoms. The maximum Gasteiger partial charge on any atom is 0.274 e. The molecular weight excluding hydrogens is 280 g/mol. The van der Waals surface area contributed by atoms with Crippen molar-refractivity contribution in [1.82, 2.24) is 4.98 Å². The third kappa shape index (κ3) is 3.14. The molecule has 0 radical (unpaired) electrons. The molecule has 0 bridgehead atoms. The van der Waals surface area contributed by atoms with Gasteiger partial charge in [0.15, 0.2) is 0 Å². The van der Waals surface area contributed by atoms with Gasteiger partial charge in [0.1, 0.15) is 5.69 Å². The number of hydrogen-bond acceptors (Lipinski definition) is 2. The fourth-order valence-corrected chi connectivity index (χ4v) is 1.65. The number of rotatable bonds is 2. The highest BCUT2D eigenvalue weighted by molar-refractivity contribution is 9.10. The first-order valence-electron chi connectivity index (χ1n) is 5.15. The summed E-state index contributed by atoms with van der Waals surface area (Å²) in [5.41, 5.74) is 2.19. The summed E-state index contributed by atoms with van der Waals surface area (Å²) in [7, 11) is 0. The van der Waals surface area contributed by atoms with Gasteiger partial charge in [-0.05, 0) is 48.9 Å². The van der Waals surface area contributed by atoms with Crippen molar-refractivity contribution in [3.63, 3.8) is 0 Å². The number of aryl methyl sites for hydroxylation is 1. The van der Waals surface area contributed by atoms with E-state index in [1.807, 2.05) is 37.3 Å². The summed E-state index contributed by atoms with van der Waals surface area (Å²) >= 11 is 3.34. The van der Waals surface area contributed by atoms with Crippen molar-refractivity contribution in [2.75, 3.05) is 5.32 Å². The van der Waals surface area contributed by atoms with Crippen LogP contribution in [0, 0.1) is 6.92 Å². The van der Waals surface area contributed by atoms with E-state index in [2.05, 4.69) is 26.2 Å². The van der Waals surface area contributed by atoms with Crippen LogP contribution in [0.15, 0.2) is 47.1 Å². The highest BCUT2D eigenvalue weighted by Crippen LogP contribution is 2.14. The summed E-state index contributed by atoms with van der Waals surface area (Å²) in [6.45, 7) is 1.93. The van der Waals surface area contributed by atoms with Crippen molar-refractivity contribution in [3.8, 4) is 0 Å². The lowest BCUT2D eigenvalue weighted by Crippen LogP contribution is -2.13. The average molecular weight is 291 g/mol. The van der Waals surface area contributed by atoms with Crippen LogP contribution in [0.3, 0.4) is 0 Å². The minimum Gasteiger partial charge on any atom is -0.321 e. The van der Waals surface area contributed by atoms with Crippen LogP contribution < -0.4 is 5.32 Å². The number of nitrogens with zero attached hydrogens (tertiary/aromatic N) is 1. The molecule has 1 amide bonds. The fraction of sp³-hybridized carbons (Fsp3) is 0.0769. The molecule has 0 aliphatic heterocycles. The smallest absolute Gasteiger partial charge is 0.274 e. The zero-order valence-corrected chi connectivity index (χ0v) is 10.9. The second-order valence-corrected chi connectivity index (χ2v) is 4.60. The number of anilines is 1. The number of hydrogen-bond donors (Lipinski definition) is 1. The number of benzene rings is 1. The summed E-state index contributed by atoms with van der Waals surface area (Å²) < 4.78 is 0.976. The Hall–Kier alpha value is -1.68. The van der Waals surface area contributed by atoms with Gasteiger partial charge in [-0.3, -0.25) is 9.78 Å². The lowest BCUT2D eigenvalue weighted by Gasteiger charge is -2.05. The van der Waals surface area contributed by atoms with E-state index in [1.165, 1.54) is 0 Å². The Labute approximate surface area is 108 Å². The van der Waals surface area contributed by atoms with E-state index in [0.29, 0.717) is 5.69 Å². The molecule has 0 saturated heterocycles. The summed E-state index contributed by atoms with van der Waals surface area (Å²) in [6, 6.07) is 11.0. The van der Waals surface area contributed by atoms with Crippen molar-refractivity contribution in [2.45, 2.75) is 6.92 Å². The van der Waals surface area contributed by atoms with Crippen LogP contribution in [0.4, 0.5) is 5.69 Å². The van der Waals surface area contributed by atoms with Crippen LogP contribution in [0.2, 0.25) is 0 Å². The molecule has 0 saturated carbocycles. The molecule has 1 aromatic heterocycles. The van der Waals surface area contributed by atoms with Gasteiger partial charge in [-0.15, -0.1) is 0 Å². The van der Waals surface area contributed by atoms with E-state index < -0.39 is 0 Å². The lowest BCUT2D eigenvalue weighted by atomic mass is 10.2. The van der Waals surface area contributed by atoms with Crippen molar-refractivity contribution < 1.29 is 4.79 Å². The number of amides is 1. The molecule has 0 aliphatic carbocycles. The molecular formula is C13H11BrN2O. The van der Waals surface area contributed by atoms with E-state index in [9.17, 15) is 4.79 Å². The second-order valence-electron chi connectivity index (χ2n) is 3.68. The van der Waals surface area contributed by atoms with Gasteiger partial charge in [0.25, 0.3) is 5.91 Å². The van der Waals surface area contributed by atoms with Gasteiger partial charge in [0, 0.05) is 16.4 Å². The standard InChI is InChI=1S/C13H11BrN2O/c1-9-6-7-15-12(8-9)13(17)16-11-4-2-10(14)3-5-11/h2-8H,1H3,(H,16,17). The monoisotopic (exact) mass is 290 g/mol. The molecule has 1 heterocycles. The van der Waals surface area contributed by atoms with Crippen LogP contribution >= 0.6 is 15.9 Å². The molecule has 0 fully saturated rings. The number of carbonyl (C=O) groups is 1. The van der Waals surface area contributed by atoms with Crippen LogP contribution in [0.25, 0.3) is 0 Å². The van der Waals surface area contributed by atoms with Gasteiger partial charge >= 0.3 is 0 Å². The molecule has 3 nitrogen and oxygen atoms in total. The molecule has 0 aliphatic rings. The molecule has 1 aromatic carbocycles. The molecule has 2 rings (SSSR count). The number of carbonyl (C=O) groups excluding carboxylic acids is 1. The fourth-order valence-electron chi connectivity index (χ4n) is 1.39. The highest BCUT2D eigenvalue weighted by atomic mass is 79.9. The first-order valence-corrected chi connectivity index (χ1v) is 5.94. The maximum absolute atomic E-state index is 11.9. The minimum absolute atomic E-state index is 0.198. The Morgan fingerprint density at radius 3 is 2.59 bits per heavy atom. The summed E-state index contributed by atoms with van der Waals surface area (Å²) in [4.78, 5) is 15.9. The number of aromatic nitrogens is 1. The molecule has 0 unspecified atom stereocenters. The van der Waals surface area contributed by atoms with Gasteiger partial charge in [-0.1, -0.05) is 15.9 Å². The molecule has 0 atom stereocenters. The normalized spacial score (nSPS) is 10.0. The van der Waals surface area contributed by atoms with Gasteiger partial charge in [-0.2, -0.15) is 0 Å². The predicted molar refractivity (Wildman–Crippen MR) is 71.1 cm³/mol. The quantitative estimate of drug-likeness (QED) is 0.921. The number of pyridine rings is 1. The molecule has 86 valence electrons. The second kappa shape index (κ2) is 5.10. The van der Waals surface area contributed by atoms with Crippen LogP contribution in [-0.2, 0) is 0 Å². The van der Waals surface area contributed by atoms with Crippen molar-refractivity contribution in [3.05, 3.63) is 58.3 Å². The third-order valence-corrected chi connectivity index (χ3v) is 2.78. The zero-order valence-electron chi connectivity index (χ0n) is 9.27. The van der Waals surface area contributed by atoms with Crippen LogP contribution in [0.1, 0.15) is 16.1 Å². The van der Waals surface area contributed by atoms with Gasteiger partial charge < -0.3 is 5.32 Å².